The zero-order chi connectivity index (χ0) is 12.2. The van der Waals surface area contributed by atoms with Crippen molar-refractivity contribution in [2.45, 2.75) is 45.4 Å². The molecule has 0 fully saturated rings. The molecule has 0 saturated carbocycles. The largest absolute Gasteiger partial charge is 0.343 e. The van der Waals surface area contributed by atoms with Gasteiger partial charge in [0.25, 0.3) is 0 Å². The van der Waals surface area contributed by atoms with Gasteiger partial charge in [0.1, 0.15) is 7.57 Å². The summed E-state index contributed by atoms with van der Waals surface area (Å²) in [6, 6.07) is 0. The average Bonchev–Trinajstić information content (AvgIpc) is 2.29. The molecule has 0 aromatic rings. The zero-order valence-corrected chi connectivity index (χ0v) is 18.5. The van der Waals surface area contributed by atoms with Crippen LogP contribution in [0.4, 0.5) is 0 Å². The summed E-state index contributed by atoms with van der Waals surface area (Å²) >= 11 is 0. The Morgan fingerprint density at radius 2 is 1.65 bits per heavy atom. The monoisotopic (exact) mass is 488 g/mol. The summed E-state index contributed by atoms with van der Waals surface area (Å²) in [7, 11) is 7.42. The molecule has 0 N–H and O–H groups in total. The molecule has 97 valence electrons. The van der Waals surface area contributed by atoms with E-state index in [0.717, 1.165) is 26.8 Å². The van der Waals surface area contributed by atoms with Crippen molar-refractivity contribution in [1.29, 1.82) is 0 Å². The first kappa shape index (κ1) is 21.3. The molecule has 4 unspecified atom stereocenters. The van der Waals surface area contributed by atoms with E-state index in [9.17, 15) is 0 Å². The SMILES string of the molecule is [B]PCCC(CCPC)C(CC[CH2-])CCC.[Pa]. The minimum absolute atomic E-state index is 0. The van der Waals surface area contributed by atoms with E-state index in [1.807, 2.05) is 0 Å². The fourth-order valence-electron chi connectivity index (χ4n) is 2.46. The molecule has 0 amide bonds. The second kappa shape index (κ2) is 16.1. The molecule has 4 heteroatoms. The maximum absolute atomic E-state index is 5.67. The van der Waals surface area contributed by atoms with E-state index in [-0.39, 0.29) is 32.3 Å². The van der Waals surface area contributed by atoms with Gasteiger partial charge >= 0.3 is 0 Å². The van der Waals surface area contributed by atoms with E-state index < -0.39 is 0 Å². The third-order valence-electron chi connectivity index (χ3n) is 3.33. The van der Waals surface area contributed by atoms with Crippen LogP contribution in [-0.2, 0) is 0 Å². The Balaban J connectivity index is 0. The maximum atomic E-state index is 5.67. The minimum atomic E-state index is 0. The molecular formula is C13H28BP2Pa-. The van der Waals surface area contributed by atoms with Crippen molar-refractivity contribution >= 4 is 24.6 Å². The van der Waals surface area contributed by atoms with Gasteiger partial charge < -0.3 is 6.92 Å². The van der Waals surface area contributed by atoms with E-state index >= 15 is 0 Å². The van der Waals surface area contributed by atoms with E-state index in [4.69, 9.17) is 7.57 Å². The van der Waals surface area contributed by atoms with Gasteiger partial charge in [0.05, 0.1) is 0 Å². The molecule has 0 aromatic carbocycles. The van der Waals surface area contributed by atoms with E-state index in [1.165, 1.54) is 44.4 Å². The van der Waals surface area contributed by atoms with Crippen LogP contribution >= 0.6 is 17.0 Å². The second-order valence-electron chi connectivity index (χ2n) is 4.59. The Morgan fingerprint density at radius 1 is 1.06 bits per heavy atom. The fourth-order valence-corrected chi connectivity index (χ4v) is 3.66. The maximum Gasteiger partial charge on any atom is 0.104 e. The van der Waals surface area contributed by atoms with E-state index in [2.05, 4.69) is 20.5 Å². The van der Waals surface area contributed by atoms with Crippen molar-refractivity contribution in [2.75, 3.05) is 19.0 Å². The molecule has 0 aliphatic rings. The van der Waals surface area contributed by atoms with Crippen LogP contribution in [0.25, 0.3) is 0 Å². The first-order valence-electron chi connectivity index (χ1n) is 6.67. The summed E-state index contributed by atoms with van der Waals surface area (Å²) < 4.78 is 0. The van der Waals surface area contributed by atoms with Crippen molar-refractivity contribution in [3.05, 3.63) is 6.92 Å². The van der Waals surface area contributed by atoms with Gasteiger partial charge in [-0.1, -0.05) is 26.2 Å². The molecule has 17 heavy (non-hydrogen) atoms. The third kappa shape index (κ3) is 11.5. The first-order chi connectivity index (χ1) is 7.79. The average molecular weight is 488 g/mol. The molecule has 3 radical (unpaired) electrons. The predicted octanol–water partition coefficient (Wildman–Crippen LogP) is 4.48. The minimum Gasteiger partial charge on any atom is -0.343 e. The van der Waals surface area contributed by atoms with Gasteiger partial charge in [0, 0.05) is 32.3 Å². The molecule has 0 aliphatic heterocycles. The summed E-state index contributed by atoms with van der Waals surface area (Å²) in [5.74, 6) is 1.83. The molecule has 0 nitrogen and oxygen atoms in total. The van der Waals surface area contributed by atoms with E-state index in [0.29, 0.717) is 8.46 Å². The van der Waals surface area contributed by atoms with Crippen molar-refractivity contribution in [2.24, 2.45) is 11.8 Å². The van der Waals surface area contributed by atoms with Crippen molar-refractivity contribution in [3.63, 3.8) is 0 Å². The van der Waals surface area contributed by atoms with Crippen LogP contribution in [0, 0.1) is 51.1 Å². The van der Waals surface area contributed by atoms with Gasteiger partial charge in [0.2, 0.25) is 0 Å². The number of hydrogen-bond acceptors (Lipinski definition) is 0. The Bertz CT molecular complexity index is 133. The summed E-state index contributed by atoms with van der Waals surface area (Å²) in [6.45, 7) is 8.65. The fraction of sp³-hybridized carbons (Fsp3) is 0.923. The van der Waals surface area contributed by atoms with Crippen LogP contribution in [0.15, 0.2) is 0 Å². The predicted molar refractivity (Wildman–Crippen MR) is 83.8 cm³/mol. The molecule has 0 saturated heterocycles. The van der Waals surface area contributed by atoms with Crippen LogP contribution < -0.4 is 0 Å². The second-order valence-corrected chi connectivity index (χ2v) is 6.70. The quantitative estimate of drug-likeness (QED) is 0.229. The molecule has 0 rings (SSSR count). The van der Waals surface area contributed by atoms with Crippen LogP contribution in [0.3, 0.4) is 0 Å². The summed E-state index contributed by atoms with van der Waals surface area (Å²) in [5, 5.41) is 0. The number of hydrogen-bond donors (Lipinski definition) is 0. The Hall–Kier alpha value is 2.02. The van der Waals surface area contributed by atoms with Gasteiger partial charge in [-0.2, -0.15) is 14.9 Å². The van der Waals surface area contributed by atoms with E-state index in [1.54, 1.807) is 0 Å². The van der Waals surface area contributed by atoms with Crippen LogP contribution in [0.2, 0.25) is 0 Å². The van der Waals surface area contributed by atoms with Crippen molar-refractivity contribution in [1.82, 2.24) is 0 Å². The third-order valence-corrected chi connectivity index (χ3v) is 4.69. The Kier molecular flexibility index (Phi) is 20.2. The van der Waals surface area contributed by atoms with Gasteiger partial charge in [-0.05, 0) is 43.7 Å². The molecular weight excluding hydrogens is 460 g/mol. The molecule has 0 aromatic heterocycles. The van der Waals surface area contributed by atoms with Crippen LogP contribution in [0.5, 0.6) is 0 Å². The molecule has 0 bridgehead atoms. The smallest absolute Gasteiger partial charge is 0.104 e. The molecule has 4 atom stereocenters. The summed E-state index contributed by atoms with van der Waals surface area (Å²) in [6.07, 6.45) is 10.5. The Morgan fingerprint density at radius 3 is 2.12 bits per heavy atom. The zero-order valence-electron chi connectivity index (χ0n) is 11.7. The molecule has 0 aliphatic carbocycles. The van der Waals surface area contributed by atoms with Gasteiger partial charge in [-0.25, -0.2) is 0 Å². The first-order valence-corrected chi connectivity index (χ1v) is 9.66. The van der Waals surface area contributed by atoms with Gasteiger partial charge in [0.15, 0.2) is 0 Å². The van der Waals surface area contributed by atoms with Gasteiger partial charge in [-0.3, -0.25) is 0 Å². The van der Waals surface area contributed by atoms with Crippen molar-refractivity contribution in [3.8, 4) is 0 Å². The topological polar surface area (TPSA) is 0 Å². The van der Waals surface area contributed by atoms with Crippen LogP contribution in [0.1, 0.15) is 45.4 Å². The molecule has 0 spiro atoms. The normalized spacial score (nSPS) is 15.5. The molecule has 0 heterocycles. The number of rotatable bonds is 11. The summed E-state index contributed by atoms with van der Waals surface area (Å²) in [5.41, 5.74) is 0. The van der Waals surface area contributed by atoms with Gasteiger partial charge in [-0.15, -0.1) is 8.58 Å². The Labute approximate surface area is 139 Å². The summed E-state index contributed by atoms with van der Waals surface area (Å²) in [4.78, 5) is 0. The van der Waals surface area contributed by atoms with Crippen LogP contribution in [-0.4, -0.2) is 26.6 Å². The van der Waals surface area contributed by atoms with Crippen molar-refractivity contribution < 1.29 is 32.3 Å². The standard InChI is InChI=1S/C13H28BP2.Pa/c1-4-6-12(7-5-2)13(8-10-15-3)9-11-16-14;/h12-13,15-16H,1,4-11H2,2-3H3;/q-1;.